The van der Waals surface area contributed by atoms with E-state index in [0.29, 0.717) is 5.91 Å². The molecule has 2 saturated heterocycles. The van der Waals surface area contributed by atoms with Crippen molar-refractivity contribution in [3.8, 4) is 0 Å². The van der Waals surface area contributed by atoms with Gasteiger partial charge in [0.15, 0.2) is 0 Å². The molecule has 5 rings (SSSR count). The maximum absolute atomic E-state index is 13.0. The first-order valence-electron chi connectivity index (χ1n) is 10.2. The summed E-state index contributed by atoms with van der Waals surface area (Å²) in [7, 11) is 0. The zero-order valence-electron chi connectivity index (χ0n) is 15.3. The smallest absolute Gasteiger partial charge is 0.225 e. The van der Waals surface area contributed by atoms with E-state index in [9.17, 15) is 4.79 Å². The normalized spacial score (nSPS) is 26.5. The van der Waals surface area contributed by atoms with Crippen LogP contribution in [0, 0.1) is 17.8 Å². The quantitative estimate of drug-likeness (QED) is 0.829. The van der Waals surface area contributed by atoms with Crippen LogP contribution in [-0.2, 0) is 4.79 Å². The van der Waals surface area contributed by atoms with Crippen molar-refractivity contribution in [2.75, 3.05) is 31.1 Å². The van der Waals surface area contributed by atoms with Crippen LogP contribution in [0.3, 0.4) is 0 Å². The summed E-state index contributed by atoms with van der Waals surface area (Å²) in [4.78, 5) is 22.1. The minimum Gasteiger partial charge on any atom is -0.371 e. The van der Waals surface area contributed by atoms with Gasteiger partial charge < -0.3 is 9.80 Å². The molecular formula is C22H27N3O. The second-order valence-corrected chi connectivity index (χ2v) is 8.30. The predicted octanol–water partition coefficient (Wildman–Crippen LogP) is 3.71. The molecule has 0 N–H and O–H groups in total. The molecule has 2 aliphatic heterocycles. The fourth-order valence-corrected chi connectivity index (χ4v) is 5.40. The number of hydrogen-bond donors (Lipinski definition) is 0. The van der Waals surface area contributed by atoms with Gasteiger partial charge in [-0.15, -0.1) is 0 Å². The summed E-state index contributed by atoms with van der Waals surface area (Å²) in [6.07, 6.45) is 7.89. The number of fused-ring (bicyclic) bond motifs is 2. The molecule has 3 heterocycles. The highest BCUT2D eigenvalue weighted by molar-refractivity contribution is 5.91. The molecule has 26 heavy (non-hydrogen) atoms. The first kappa shape index (κ1) is 16.1. The van der Waals surface area contributed by atoms with Crippen LogP contribution in [-0.4, -0.2) is 42.0 Å². The molecule has 0 spiro atoms. The second-order valence-electron chi connectivity index (χ2n) is 8.30. The molecule has 2 unspecified atom stereocenters. The zero-order chi connectivity index (χ0) is 17.5. The molecule has 0 radical (unpaired) electrons. The molecule has 1 aromatic carbocycles. The molecule has 1 saturated carbocycles. The molecule has 0 bridgehead atoms. The number of anilines is 1. The minimum absolute atomic E-state index is 0.221. The molecule has 1 amide bonds. The summed E-state index contributed by atoms with van der Waals surface area (Å²) < 4.78 is 0. The van der Waals surface area contributed by atoms with Gasteiger partial charge in [0.2, 0.25) is 5.91 Å². The average Bonchev–Trinajstić information content (AvgIpc) is 3.29. The number of piperidine rings is 1. The first-order valence-corrected chi connectivity index (χ1v) is 10.2. The Morgan fingerprint density at radius 3 is 2.46 bits per heavy atom. The summed E-state index contributed by atoms with van der Waals surface area (Å²) in [6, 6.07) is 10.5. The summed E-state index contributed by atoms with van der Waals surface area (Å²) in [5.41, 5.74) is 2.31. The first-order chi connectivity index (χ1) is 12.8. The van der Waals surface area contributed by atoms with Crippen LogP contribution >= 0.6 is 0 Å². The van der Waals surface area contributed by atoms with E-state index in [2.05, 4.69) is 39.0 Å². The van der Waals surface area contributed by atoms with E-state index >= 15 is 0 Å². The fraction of sp³-hybridized carbons (Fsp3) is 0.545. The highest BCUT2D eigenvalue weighted by atomic mass is 16.2. The maximum Gasteiger partial charge on any atom is 0.225 e. The summed E-state index contributed by atoms with van der Waals surface area (Å²) >= 11 is 0. The van der Waals surface area contributed by atoms with Gasteiger partial charge in [0.25, 0.3) is 0 Å². The van der Waals surface area contributed by atoms with Gasteiger partial charge in [0, 0.05) is 49.4 Å². The molecule has 136 valence electrons. The summed E-state index contributed by atoms with van der Waals surface area (Å²) in [5, 5.41) is 1.21. The lowest BCUT2D eigenvalue weighted by Crippen LogP contribution is -2.42. The highest BCUT2D eigenvalue weighted by Crippen LogP contribution is 2.39. The monoisotopic (exact) mass is 349 g/mol. The van der Waals surface area contributed by atoms with Crippen molar-refractivity contribution < 1.29 is 4.79 Å². The third kappa shape index (κ3) is 2.76. The molecule has 4 nitrogen and oxygen atoms in total. The number of aromatic nitrogens is 1. The maximum atomic E-state index is 13.0. The van der Waals surface area contributed by atoms with Crippen molar-refractivity contribution in [2.24, 2.45) is 17.8 Å². The Morgan fingerprint density at radius 2 is 1.69 bits per heavy atom. The lowest BCUT2D eigenvalue weighted by Gasteiger charge is -2.35. The Kier molecular flexibility index (Phi) is 4.07. The fourth-order valence-electron chi connectivity index (χ4n) is 5.40. The van der Waals surface area contributed by atoms with Gasteiger partial charge >= 0.3 is 0 Å². The topological polar surface area (TPSA) is 36.4 Å². The number of carbonyl (C=O) groups excluding carboxylic acids is 1. The van der Waals surface area contributed by atoms with E-state index in [-0.39, 0.29) is 5.92 Å². The van der Waals surface area contributed by atoms with Gasteiger partial charge in [-0.25, -0.2) is 0 Å². The van der Waals surface area contributed by atoms with Gasteiger partial charge in [0.1, 0.15) is 0 Å². The Bertz CT molecular complexity index is 795. The van der Waals surface area contributed by atoms with Gasteiger partial charge in [-0.1, -0.05) is 24.6 Å². The Balaban J connectivity index is 1.25. The lowest BCUT2D eigenvalue weighted by atomic mass is 9.94. The number of pyridine rings is 1. The van der Waals surface area contributed by atoms with Crippen molar-refractivity contribution in [3.63, 3.8) is 0 Å². The van der Waals surface area contributed by atoms with Crippen molar-refractivity contribution in [1.82, 2.24) is 9.88 Å². The number of amides is 1. The van der Waals surface area contributed by atoms with E-state index in [1.807, 2.05) is 12.3 Å². The van der Waals surface area contributed by atoms with Crippen LogP contribution in [0.4, 0.5) is 5.69 Å². The molecule has 2 aromatic rings. The Hall–Kier alpha value is -2.10. The van der Waals surface area contributed by atoms with Crippen LogP contribution < -0.4 is 4.90 Å². The van der Waals surface area contributed by atoms with Crippen molar-refractivity contribution in [1.29, 1.82) is 0 Å². The molecule has 1 aliphatic carbocycles. The number of nitrogens with zero attached hydrogens (tertiary/aromatic N) is 3. The number of benzene rings is 1. The van der Waals surface area contributed by atoms with E-state index in [1.165, 1.54) is 30.3 Å². The van der Waals surface area contributed by atoms with E-state index in [4.69, 9.17) is 0 Å². The van der Waals surface area contributed by atoms with Crippen molar-refractivity contribution >= 4 is 22.5 Å². The Labute approximate surface area is 155 Å². The standard InChI is InChI=1S/C22H27N3O/c26-22(25-14-17-4-3-5-18(17)15-25)16-9-12-24(13-10-16)21-8-11-23-20-7-2-1-6-19(20)21/h1-2,6-8,11,16-18H,3-5,9-10,12-15H2. The van der Waals surface area contributed by atoms with Crippen molar-refractivity contribution in [3.05, 3.63) is 36.5 Å². The van der Waals surface area contributed by atoms with Gasteiger partial charge in [-0.05, 0) is 49.7 Å². The van der Waals surface area contributed by atoms with Crippen LogP contribution in [0.5, 0.6) is 0 Å². The van der Waals surface area contributed by atoms with Crippen molar-refractivity contribution in [2.45, 2.75) is 32.1 Å². The molecule has 1 aromatic heterocycles. The number of carbonyl (C=O) groups is 1. The molecule has 2 atom stereocenters. The van der Waals surface area contributed by atoms with Crippen LogP contribution in [0.25, 0.3) is 10.9 Å². The number of rotatable bonds is 2. The Morgan fingerprint density at radius 1 is 0.962 bits per heavy atom. The molecular weight excluding hydrogens is 322 g/mol. The van der Waals surface area contributed by atoms with Gasteiger partial charge in [-0.3, -0.25) is 9.78 Å². The minimum atomic E-state index is 0.221. The average molecular weight is 349 g/mol. The summed E-state index contributed by atoms with van der Waals surface area (Å²) in [6.45, 7) is 3.98. The molecule has 3 fully saturated rings. The second kappa shape index (κ2) is 6.57. The zero-order valence-corrected chi connectivity index (χ0v) is 15.3. The number of para-hydroxylation sites is 1. The molecule has 3 aliphatic rings. The number of likely N-dealkylation sites (tertiary alicyclic amines) is 1. The van der Waals surface area contributed by atoms with Crippen LogP contribution in [0.2, 0.25) is 0 Å². The van der Waals surface area contributed by atoms with E-state index < -0.39 is 0 Å². The predicted molar refractivity (Wildman–Crippen MR) is 104 cm³/mol. The lowest BCUT2D eigenvalue weighted by molar-refractivity contribution is -0.135. The SMILES string of the molecule is O=C(C1CCN(c2ccnc3ccccc23)CC1)N1CC2CCCC2C1. The van der Waals surface area contributed by atoms with Crippen LogP contribution in [0.15, 0.2) is 36.5 Å². The number of hydrogen-bond acceptors (Lipinski definition) is 3. The summed E-state index contributed by atoms with van der Waals surface area (Å²) in [5.74, 6) is 2.24. The largest absolute Gasteiger partial charge is 0.371 e. The third-order valence-corrected chi connectivity index (χ3v) is 6.85. The highest BCUT2D eigenvalue weighted by Gasteiger charge is 2.40. The van der Waals surface area contributed by atoms with Crippen LogP contribution in [0.1, 0.15) is 32.1 Å². The van der Waals surface area contributed by atoms with E-state index in [1.54, 1.807) is 0 Å². The third-order valence-electron chi connectivity index (χ3n) is 6.85. The van der Waals surface area contributed by atoms with Gasteiger partial charge in [-0.2, -0.15) is 0 Å². The molecule has 4 heteroatoms. The van der Waals surface area contributed by atoms with E-state index in [0.717, 1.165) is 56.4 Å². The van der Waals surface area contributed by atoms with Gasteiger partial charge in [0.05, 0.1) is 5.52 Å².